The Labute approximate surface area is 171 Å². The summed E-state index contributed by atoms with van der Waals surface area (Å²) in [5.41, 5.74) is 1.56. The van der Waals surface area contributed by atoms with Gasteiger partial charge in [-0.25, -0.2) is 0 Å². The van der Waals surface area contributed by atoms with E-state index < -0.39 is 0 Å². The van der Waals surface area contributed by atoms with E-state index in [2.05, 4.69) is 5.32 Å². The van der Waals surface area contributed by atoms with Gasteiger partial charge in [-0.2, -0.15) is 0 Å². The van der Waals surface area contributed by atoms with Crippen LogP contribution in [0.3, 0.4) is 0 Å². The van der Waals surface area contributed by atoms with Crippen LogP contribution in [0.4, 0.5) is 5.69 Å². The van der Waals surface area contributed by atoms with Gasteiger partial charge in [0.25, 0.3) is 0 Å². The molecule has 28 heavy (non-hydrogen) atoms. The van der Waals surface area contributed by atoms with Crippen LogP contribution in [-0.4, -0.2) is 44.7 Å². The van der Waals surface area contributed by atoms with E-state index in [1.807, 2.05) is 44.0 Å². The van der Waals surface area contributed by atoms with Crippen LogP contribution in [0.5, 0.6) is 17.2 Å². The van der Waals surface area contributed by atoms with Gasteiger partial charge in [-0.1, -0.05) is 17.7 Å². The summed E-state index contributed by atoms with van der Waals surface area (Å²) in [4.78, 5) is 14.6. The molecule has 2 aromatic carbocycles. The molecule has 1 N–H and O–H groups in total. The Hall–Kier alpha value is -2.44. The number of likely N-dealkylation sites (N-methyl/N-ethyl adjacent to an activating group) is 1. The predicted octanol–water partition coefficient (Wildman–Crippen LogP) is 4.21. The summed E-state index contributed by atoms with van der Waals surface area (Å²) in [5, 5.41) is 3.41. The molecule has 0 fully saturated rings. The zero-order chi connectivity index (χ0) is 20.7. The summed E-state index contributed by atoms with van der Waals surface area (Å²) < 4.78 is 16.2. The lowest BCUT2D eigenvalue weighted by molar-refractivity contribution is -0.120. The summed E-state index contributed by atoms with van der Waals surface area (Å²) in [7, 11) is 5.05. The SMILES string of the molecule is CCOc1ccc(CN(C)[C@@H](C)C(=O)Nc2cc(Cl)ccc2OC)cc1OC. The molecule has 0 unspecified atom stereocenters. The van der Waals surface area contributed by atoms with Gasteiger partial charge in [0.15, 0.2) is 11.5 Å². The number of nitrogens with one attached hydrogen (secondary N) is 1. The van der Waals surface area contributed by atoms with E-state index in [1.54, 1.807) is 32.4 Å². The molecule has 0 spiro atoms. The third-order valence-corrected chi connectivity index (χ3v) is 4.65. The number of amides is 1. The Balaban J connectivity index is 2.07. The van der Waals surface area contributed by atoms with Gasteiger partial charge < -0.3 is 19.5 Å². The maximum Gasteiger partial charge on any atom is 0.241 e. The normalized spacial score (nSPS) is 11.8. The molecule has 0 aliphatic rings. The highest BCUT2D eigenvalue weighted by Crippen LogP contribution is 2.29. The standard InChI is InChI=1S/C21H27ClN2O4/c1-6-28-19-9-7-15(11-20(19)27-5)13-24(3)14(2)21(25)23-17-12-16(22)8-10-18(17)26-4/h7-12,14H,6,13H2,1-5H3,(H,23,25)/t14-/m0/s1. The van der Waals surface area contributed by atoms with E-state index in [4.69, 9.17) is 25.8 Å². The summed E-state index contributed by atoms with van der Waals surface area (Å²) in [6, 6.07) is 10.5. The highest BCUT2D eigenvalue weighted by molar-refractivity contribution is 6.31. The largest absolute Gasteiger partial charge is 0.495 e. The maximum atomic E-state index is 12.7. The first kappa shape index (κ1) is 21.9. The van der Waals surface area contributed by atoms with Crippen molar-refractivity contribution in [3.63, 3.8) is 0 Å². The van der Waals surface area contributed by atoms with Gasteiger partial charge in [0, 0.05) is 11.6 Å². The second-order valence-corrected chi connectivity index (χ2v) is 6.78. The quantitative estimate of drug-likeness (QED) is 0.675. The van der Waals surface area contributed by atoms with Crippen molar-refractivity contribution in [2.45, 2.75) is 26.4 Å². The van der Waals surface area contributed by atoms with Crippen molar-refractivity contribution >= 4 is 23.2 Å². The van der Waals surface area contributed by atoms with Gasteiger partial charge >= 0.3 is 0 Å². The van der Waals surface area contributed by atoms with Gasteiger partial charge in [-0.15, -0.1) is 0 Å². The zero-order valence-electron chi connectivity index (χ0n) is 16.9. The highest BCUT2D eigenvalue weighted by Gasteiger charge is 2.20. The Bertz CT molecular complexity index is 813. The maximum absolute atomic E-state index is 12.7. The van der Waals surface area contributed by atoms with Gasteiger partial charge in [0.05, 0.1) is 32.6 Å². The van der Waals surface area contributed by atoms with Crippen LogP contribution in [0, 0.1) is 0 Å². The lowest BCUT2D eigenvalue weighted by Crippen LogP contribution is -2.39. The van der Waals surface area contributed by atoms with E-state index >= 15 is 0 Å². The average molecular weight is 407 g/mol. The topological polar surface area (TPSA) is 60.0 Å². The number of carbonyl (C=O) groups excluding carboxylic acids is 1. The Kier molecular flexibility index (Phi) is 7.96. The smallest absolute Gasteiger partial charge is 0.241 e. The van der Waals surface area contributed by atoms with Crippen LogP contribution in [0.15, 0.2) is 36.4 Å². The zero-order valence-corrected chi connectivity index (χ0v) is 17.7. The molecule has 1 amide bonds. The second kappa shape index (κ2) is 10.2. The molecular weight excluding hydrogens is 380 g/mol. The molecule has 0 aliphatic carbocycles. The number of benzene rings is 2. The third-order valence-electron chi connectivity index (χ3n) is 4.42. The van der Waals surface area contributed by atoms with Crippen LogP contribution in [0.25, 0.3) is 0 Å². The Morgan fingerprint density at radius 2 is 1.79 bits per heavy atom. The van der Waals surface area contributed by atoms with Crippen LogP contribution in [-0.2, 0) is 11.3 Å². The molecule has 0 saturated carbocycles. The minimum absolute atomic E-state index is 0.152. The number of anilines is 1. The summed E-state index contributed by atoms with van der Waals surface area (Å²) in [6.45, 7) is 4.91. The van der Waals surface area contributed by atoms with E-state index in [0.29, 0.717) is 41.1 Å². The van der Waals surface area contributed by atoms with E-state index in [1.165, 1.54) is 0 Å². The minimum atomic E-state index is -0.374. The number of hydrogen-bond acceptors (Lipinski definition) is 5. The van der Waals surface area contributed by atoms with Crippen molar-refractivity contribution in [2.75, 3.05) is 33.2 Å². The van der Waals surface area contributed by atoms with E-state index in [9.17, 15) is 4.79 Å². The number of nitrogens with zero attached hydrogens (tertiary/aromatic N) is 1. The fraction of sp³-hybridized carbons (Fsp3) is 0.381. The van der Waals surface area contributed by atoms with Crippen molar-refractivity contribution in [2.24, 2.45) is 0 Å². The molecule has 0 bridgehead atoms. The third kappa shape index (κ3) is 5.53. The molecule has 0 radical (unpaired) electrons. The van der Waals surface area contributed by atoms with Crippen LogP contribution >= 0.6 is 11.6 Å². The van der Waals surface area contributed by atoms with Crippen LogP contribution < -0.4 is 19.5 Å². The number of rotatable bonds is 9. The van der Waals surface area contributed by atoms with E-state index in [0.717, 1.165) is 5.56 Å². The molecule has 6 nitrogen and oxygen atoms in total. The number of ether oxygens (including phenoxy) is 3. The molecule has 2 aromatic rings. The summed E-state index contributed by atoms with van der Waals surface area (Å²) in [5.74, 6) is 1.79. The predicted molar refractivity (Wildman–Crippen MR) is 112 cm³/mol. The number of hydrogen-bond donors (Lipinski definition) is 1. The molecular formula is C21H27ClN2O4. The first-order chi connectivity index (χ1) is 13.4. The molecule has 0 aromatic heterocycles. The fourth-order valence-corrected chi connectivity index (χ4v) is 2.90. The monoisotopic (exact) mass is 406 g/mol. The van der Waals surface area contributed by atoms with Gasteiger partial charge in [0.2, 0.25) is 5.91 Å². The van der Waals surface area contributed by atoms with Crippen molar-refractivity contribution in [1.29, 1.82) is 0 Å². The highest BCUT2D eigenvalue weighted by atomic mass is 35.5. The average Bonchev–Trinajstić information content (AvgIpc) is 2.68. The van der Waals surface area contributed by atoms with Crippen molar-refractivity contribution < 1.29 is 19.0 Å². The molecule has 2 rings (SSSR count). The molecule has 0 aliphatic heterocycles. The first-order valence-electron chi connectivity index (χ1n) is 9.04. The summed E-state index contributed by atoms with van der Waals surface area (Å²) >= 11 is 6.03. The van der Waals surface area contributed by atoms with Crippen molar-refractivity contribution in [1.82, 2.24) is 4.90 Å². The molecule has 152 valence electrons. The second-order valence-electron chi connectivity index (χ2n) is 6.34. The number of methoxy groups -OCH3 is 2. The van der Waals surface area contributed by atoms with E-state index in [-0.39, 0.29) is 11.9 Å². The number of halogens is 1. The van der Waals surface area contributed by atoms with Gasteiger partial charge in [-0.3, -0.25) is 9.69 Å². The Morgan fingerprint density at radius 1 is 1.11 bits per heavy atom. The molecule has 0 saturated heterocycles. The molecule has 1 atom stereocenters. The van der Waals surface area contributed by atoms with Crippen molar-refractivity contribution in [3.05, 3.63) is 47.0 Å². The minimum Gasteiger partial charge on any atom is -0.495 e. The lowest BCUT2D eigenvalue weighted by Gasteiger charge is -2.24. The van der Waals surface area contributed by atoms with Crippen molar-refractivity contribution in [3.8, 4) is 17.2 Å². The lowest BCUT2D eigenvalue weighted by atomic mass is 10.1. The molecule has 0 heterocycles. The fourth-order valence-electron chi connectivity index (χ4n) is 2.73. The van der Waals surface area contributed by atoms with Gasteiger partial charge in [-0.05, 0) is 56.8 Å². The van der Waals surface area contributed by atoms with Crippen LogP contribution in [0.1, 0.15) is 19.4 Å². The summed E-state index contributed by atoms with van der Waals surface area (Å²) in [6.07, 6.45) is 0. The Morgan fingerprint density at radius 3 is 2.43 bits per heavy atom. The van der Waals surface area contributed by atoms with Gasteiger partial charge in [0.1, 0.15) is 5.75 Å². The van der Waals surface area contributed by atoms with Crippen LogP contribution in [0.2, 0.25) is 5.02 Å². The first-order valence-corrected chi connectivity index (χ1v) is 9.41. The number of carbonyl (C=O) groups is 1. The molecule has 7 heteroatoms.